The molecule has 0 radical (unpaired) electrons. The lowest BCUT2D eigenvalue weighted by Crippen LogP contribution is -2.35. The average molecular weight is 505 g/mol. The summed E-state index contributed by atoms with van der Waals surface area (Å²) in [6, 6.07) is 8.90. The number of hydrogen-bond donors (Lipinski definition) is 1. The summed E-state index contributed by atoms with van der Waals surface area (Å²) < 4.78 is 28.1. The Morgan fingerprint density at radius 3 is 2.48 bits per heavy atom. The number of halogens is 3. The molecule has 2 aromatic rings. The molecule has 0 saturated carbocycles. The zero-order valence-electron chi connectivity index (χ0n) is 17.1. The van der Waals surface area contributed by atoms with Gasteiger partial charge in [0, 0.05) is 30.9 Å². The average Bonchev–Trinajstić information content (AvgIpc) is 2.96. The normalized spacial score (nSPS) is 15.5. The third-order valence-electron chi connectivity index (χ3n) is 5.04. The third kappa shape index (κ3) is 6.05. The highest BCUT2D eigenvalue weighted by atomic mass is 35.5. The molecule has 1 aliphatic rings. The topological polar surface area (TPSA) is 69.7 Å². The minimum absolute atomic E-state index is 0.0460. The van der Waals surface area contributed by atoms with Crippen LogP contribution in [0.15, 0.2) is 41.3 Å². The largest absolute Gasteiger partial charge is 0.337 e. The number of anilines is 1. The lowest BCUT2D eigenvalue weighted by atomic mass is 10.1. The number of carbonyl (C=O) groups is 1. The first kappa shape index (κ1) is 24.1. The van der Waals surface area contributed by atoms with Crippen molar-refractivity contribution < 1.29 is 13.2 Å². The molecule has 1 saturated heterocycles. The van der Waals surface area contributed by atoms with Gasteiger partial charge in [-0.3, -0.25) is 9.52 Å². The Balaban J connectivity index is 1.77. The summed E-state index contributed by atoms with van der Waals surface area (Å²) in [4.78, 5) is 17.0. The molecule has 3 rings (SSSR count). The summed E-state index contributed by atoms with van der Waals surface area (Å²) in [6.07, 6.45) is 1.99. The van der Waals surface area contributed by atoms with Crippen LogP contribution in [0.1, 0.15) is 30.1 Å². The second-order valence-corrected chi connectivity index (χ2v) is 10.2. The molecule has 31 heavy (non-hydrogen) atoms. The fraction of sp³-hybridized carbons (Fsp3) is 0.381. The molecular formula is C21H24Cl3N3O3S. The Kier molecular flexibility index (Phi) is 8.10. The minimum Gasteiger partial charge on any atom is -0.337 e. The number of hydrogen-bond acceptors (Lipinski definition) is 4. The molecule has 1 aliphatic heterocycles. The standard InChI is InChI=1S/C21H24Cl3N3O3S/c1-2-7-26-8-4-9-27(11-10-26)21(28)15-5-3-6-16(12-15)25-31(29,30)20-14-18(23)17(22)13-19(20)24/h3,5-6,12-14,25H,2,4,7-11H2,1H3. The number of amides is 1. The van der Waals surface area contributed by atoms with Gasteiger partial charge in [0.1, 0.15) is 4.90 Å². The minimum atomic E-state index is -4.03. The van der Waals surface area contributed by atoms with Crippen molar-refractivity contribution in [1.29, 1.82) is 0 Å². The van der Waals surface area contributed by atoms with Gasteiger partial charge in [0.15, 0.2) is 0 Å². The Morgan fingerprint density at radius 2 is 1.74 bits per heavy atom. The number of nitrogens with zero attached hydrogens (tertiary/aromatic N) is 2. The van der Waals surface area contributed by atoms with Gasteiger partial charge in [0.25, 0.3) is 15.9 Å². The molecule has 1 amide bonds. The van der Waals surface area contributed by atoms with E-state index in [4.69, 9.17) is 34.8 Å². The first-order valence-corrected chi connectivity index (χ1v) is 12.6. The molecule has 1 heterocycles. The van der Waals surface area contributed by atoms with E-state index in [0.717, 1.165) is 32.5 Å². The third-order valence-corrected chi connectivity index (χ3v) is 7.61. The van der Waals surface area contributed by atoms with Crippen molar-refractivity contribution >= 4 is 56.4 Å². The SMILES string of the molecule is CCCN1CCCN(C(=O)c2cccc(NS(=O)(=O)c3cc(Cl)c(Cl)cc3Cl)c2)CC1. The lowest BCUT2D eigenvalue weighted by molar-refractivity contribution is 0.0761. The van der Waals surface area contributed by atoms with Crippen LogP contribution in [0.5, 0.6) is 0 Å². The summed E-state index contributed by atoms with van der Waals surface area (Å²) in [7, 11) is -4.03. The van der Waals surface area contributed by atoms with Crippen LogP contribution in [-0.4, -0.2) is 56.8 Å². The molecule has 0 aromatic heterocycles. The Bertz CT molecular complexity index is 1060. The van der Waals surface area contributed by atoms with Crippen molar-refractivity contribution in [2.24, 2.45) is 0 Å². The number of carbonyl (C=O) groups excluding carboxylic acids is 1. The van der Waals surface area contributed by atoms with Gasteiger partial charge in [-0.1, -0.05) is 47.8 Å². The summed E-state index contributed by atoms with van der Waals surface area (Å²) >= 11 is 17.9. The van der Waals surface area contributed by atoms with Crippen LogP contribution in [0.25, 0.3) is 0 Å². The molecule has 6 nitrogen and oxygen atoms in total. The molecule has 168 valence electrons. The maximum Gasteiger partial charge on any atom is 0.263 e. The second kappa shape index (κ2) is 10.4. The number of rotatable bonds is 6. The van der Waals surface area contributed by atoms with E-state index in [1.807, 2.05) is 4.90 Å². The predicted octanol–water partition coefficient (Wildman–Crippen LogP) is 5.01. The van der Waals surface area contributed by atoms with Crippen LogP contribution < -0.4 is 4.72 Å². The van der Waals surface area contributed by atoms with Gasteiger partial charge < -0.3 is 9.80 Å². The molecular weight excluding hydrogens is 481 g/mol. The van der Waals surface area contributed by atoms with E-state index in [1.165, 1.54) is 18.2 Å². The fourth-order valence-corrected chi connectivity index (χ4v) is 5.58. The zero-order chi connectivity index (χ0) is 22.6. The second-order valence-electron chi connectivity index (χ2n) is 7.37. The molecule has 0 bridgehead atoms. The van der Waals surface area contributed by atoms with Crippen LogP contribution in [0.2, 0.25) is 15.1 Å². The fourth-order valence-electron chi connectivity index (χ4n) is 3.53. The number of benzene rings is 2. The van der Waals surface area contributed by atoms with Gasteiger partial charge in [-0.2, -0.15) is 0 Å². The van der Waals surface area contributed by atoms with Gasteiger partial charge in [-0.05, 0) is 56.3 Å². The van der Waals surface area contributed by atoms with Crippen LogP contribution in [-0.2, 0) is 10.0 Å². The van der Waals surface area contributed by atoms with Crippen molar-refractivity contribution in [2.75, 3.05) is 37.4 Å². The molecule has 0 unspecified atom stereocenters. The van der Waals surface area contributed by atoms with E-state index in [9.17, 15) is 13.2 Å². The highest BCUT2D eigenvalue weighted by Crippen LogP contribution is 2.32. The van der Waals surface area contributed by atoms with Crippen LogP contribution in [0, 0.1) is 0 Å². The molecule has 0 atom stereocenters. The van der Waals surface area contributed by atoms with E-state index in [-0.39, 0.29) is 31.6 Å². The molecule has 0 spiro atoms. The van der Waals surface area contributed by atoms with Crippen LogP contribution >= 0.6 is 34.8 Å². The summed E-state index contributed by atoms with van der Waals surface area (Å²) in [6.45, 7) is 6.30. The van der Waals surface area contributed by atoms with E-state index in [2.05, 4.69) is 16.5 Å². The highest BCUT2D eigenvalue weighted by molar-refractivity contribution is 7.92. The van der Waals surface area contributed by atoms with Crippen molar-refractivity contribution in [3.05, 3.63) is 57.0 Å². The van der Waals surface area contributed by atoms with Crippen molar-refractivity contribution in [3.63, 3.8) is 0 Å². The van der Waals surface area contributed by atoms with Gasteiger partial charge in [0.05, 0.1) is 15.1 Å². The van der Waals surface area contributed by atoms with E-state index in [0.29, 0.717) is 18.7 Å². The quantitative estimate of drug-likeness (QED) is 0.562. The molecule has 1 fully saturated rings. The van der Waals surface area contributed by atoms with Gasteiger partial charge in [-0.25, -0.2) is 8.42 Å². The van der Waals surface area contributed by atoms with E-state index >= 15 is 0 Å². The monoisotopic (exact) mass is 503 g/mol. The summed E-state index contributed by atoms with van der Waals surface area (Å²) in [5.74, 6) is -0.119. The Morgan fingerprint density at radius 1 is 1.00 bits per heavy atom. The zero-order valence-corrected chi connectivity index (χ0v) is 20.2. The lowest BCUT2D eigenvalue weighted by Gasteiger charge is -2.22. The summed E-state index contributed by atoms with van der Waals surface area (Å²) in [5.41, 5.74) is 0.680. The molecule has 2 aromatic carbocycles. The molecule has 10 heteroatoms. The van der Waals surface area contributed by atoms with Gasteiger partial charge in [0.2, 0.25) is 0 Å². The molecule has 1 N–H and O–H groups in total. The first-order chi connectivity index (χ1) is 14.7. The summed E-state index contributed by atoms with van der Waals surface area (Å²) in [5, 5.41) is 0.192. The van der Waals surface area contributed by atoms with Gasteiger partial charge >= 0.3 is 0 Å². The Labute approximate surface area is 198 Å². The van der Waals surface area contributed by atoms with Crippen LogP contribution in [0.4, 0.5) is 5.69 Å². The van der Waals surface area contributed by atoms with E-state index in [1.54, 1.807) is 18.2 Å². The van der Waals surface area contributed by atoms with Crippen molar-refractivity contribution in [3.8, 4) is 0 Å². The first-order valence-electron chi connectivity index (χ1n) is 10.0. The smallest absolute Gasteiger partial charge is 0.263 e. The van der Waals surface area contributed by atoms with Crippen molar-refractivity contribution in [2.45, 2.75) is 24.7 Å². The number of nitrogens with one attached hydrogen (secondary N) is 1. The maximum absolute atomic E-state index is 13.0. The highest BCUT2D eigenvalue weighted by Gasteiger charge is 2.23. The van der Waals surface area contributed by atoms with E-state index < -0.39 is 10.0 Å². The van der Waals surface area contributed by atoms with Crippen LogP contribution in [0.3, 0.4) is 0 Å². The van der Waals surface area contributed by atoms with Gasteiger partial charge in [-0.15, -0.1) is 0 Å². The van der Waals surface area contributed by atoms with Crippen molar-refractivity contribution in [1.82, 2.24) is 9.80 Å². The Hall–Kier alpha value is -1.51. The molecule has 0 aliphatic carbocycles. The maximum atomic E-state index is 13.0. The number of sulfonamides is 1. The predicted molar refractivity (Wildman–Crippen MR) is 126 cm³/mol.